The number of hydrogen-bond acceptors (Lipinski definition) is 2. The van der Waals surface area contributed by atoms with Crippen molar-refractivity contribution in [2.45, 2.75) is 45.6 Å². The van der Waals surface area contributed by atoms with E-state index in [2.05, 4.69) is 35.1 Å². The predicted octanol–water partition coefficient (Wildman–Crippen LogP) is 4.60. The van der Waals surface area contributed by atoms with Crippen LogP contribution in [0.2, 0.25) is 0 Å². The first-order valence-corrected chi connectivity index (χ1v) is 8.04. The highest BCUT2D eigenvalue weighted by atomic mass is 79.9. The van der Waals surface area contributed by atoms with E-state index in [0.717, 1.165) is 12.8 Å². The lowest BCUT2D eigenvalue weighted by atomic mass is 9.75. The van der Waals surface area contributed by atoms with E-state index in [4.69, 9.17) is 18.0 Å². The van der Waals surface area contributed by atoms with Crippen LogP contribution in [0.1, 0.15) is 45.1 Å². The molecule has 1 aromatic carbocycles. The van der Waals surface area contributed by atoms with Gasteiger partial charge in [-0.3, -0.25) is 0 Å². The maximum Gasteiger partial charge on any atom is 0.161 e. The molecule has 0 atom stereocenters. The van der Waals surface area contributed by atoms with Crippen LogP contribution in [0.15, 0.2) is 16.6 Å². The van der Waals surface area contributed by atoms with E-state index >= 15 is 0 Å². The Kier molecular flexibility index (Phi) is 4.69. The Bertz CT molecular complexity index is 521. The number of benzene rings is 1. The van der Waals surface area contributed by atoms with Crippen LogP contribution in [0, 0.1) is 11.2 Å². The molecular weight excluding hydrogens is 339 g/mol. The monoisotopic (exact) mass is 358 g/mol. The molecule has 2 rings (SSSR count). The lowest BCUT2D eigenvalue weighted by Crippen LogP contribution is -2.30. The SMILES string of the molecule is CC1(C)CCC(Nc2ccc(C(N)=S)c(Br)c2F)CC1. The summed E-state index contributed by atoms with van der Waals surface area (Å²) in [7, 11) is 0. The summed E-state index contributed by atoms with van der Waals surface area (Å²) >= 11 is 8.13. The Morgan fingerprint density at radius 1 is 1.40 bits per heavy atom. The van der Waals surface area contributed by atoms with Gasteiger partial charge in [-0.15, -0.1) is 0 Å². The molecule has 0 spiro atoms. The number of rotatable bonds is 3. The number of thiocarbonyl (C=S) groups is 1. The van der Waals surface area contributed by atoms with Crippen molar-refractivity contribution < 1.29 is 4.39 Å². The minimum Gasteiger partial charge on any atom is -0.389 e. The van der Waals surface area contributed by atoms with Crippen LogP contribution in [-0.2, 0) is 0 Å². The average molecular weight is 359 g/mol. The molecule has 20 heavy (non-hydrogen) atoms. The van der Waals surface area contributed by atoms with Crippen molar-refractivity contribution in [3.63, 3.8) is 0 Å². The standard InChI is InChI=1S/C15H20BrFN2S/c1-15(2)7-5-9(6-8-15)19-11-4-3-10(14(18)20)12(16)13(11)17/h3-4,9,19H,5-8H2,1-2H3,(H2,18,20). The topological polar surface area (TPSA) is 38.0 Å². The number of anilines is 1. The highest BCUT2D eigenvalue weighted by Crippen LogP contribution is 2.37. The third-order valence-corrected chi connectivity index (χ3v) is 5.04. The summed E-state index contributed by atoms with van der Waals surface area (Å²) in [6, 6.07) is 3.80. The molecule has 5 heteroatoms. The smallest absolute Gasteiger partial charge is 0.161 e. The molecule has 0 aliphatic heterocycles. The highest BCUT2D eigenvalue weighted by Gasteiger charge is 2.27. The van der Waals surface area contributed by atoms with Gasteiger partial charge >= 0.3 is 0 Å². The zero-order chi connectivity index (χ0) is 14.9. The van der Waals surface area contributed by atoms with Crippen LogP contribution in [0.4, 0.5) is 10.1 Å². The summed E-state index contributed by atoms with van der Waals surface area (Å²) in [5, 5.41) is 3.30. The molecule has 0 saturated heterocycles. The fraction of sp³-hybridized carbons (Fsp3) is 0.533. The largest absolute Gasteiger partial charge is 0.389 e. The molecule has 1 aliphatic carbocycles. The Morgan fingerprint density at radius 3 is 2.55 bits per heavy atom. The summed E-state index contributed by atoms with van der Waals surface area (Å²) in [5.74, 6) is -0.319. The van der Waals surface area contributed by atoms with Crippen LogP contribution in [0.3, 0.4) is 0 Å². The van der Waals surface area contributed by atoms with Gasteiger partial charge in [0.1, 0.15) is 4.99 Å². The molecule has 1 saturated carbocycles. The molecule has 0 bridgehead atoms. The van der Waals surface area contributed by atoms with Gasteiger partial charge in [-0.1, -0.05) is 26.1 Å². The Morgan fingerprint density at radius 2 is 2.00 bits per heavy atom. The molecular formula is C15H20BrFN2S. The van der Waals surface area contributed by atoms with E-state index in [1.807, 2.05) is 0 Å². The Labute approximate surface area is 133 Å². The third kappa shape index (κ3) is 3.50. The summed E-state index contributed by atoms with van der Waals surface area (Å²) in [6.07, 6.45) is 4.47. The molecule has 3 N–H and O–H groups in total. The van der Waals surface area contributed by atoms with E-state index in [1.54, 1.807) is 12.1 Å². The first-order valence-electron chi connectivity index (χ1n) is 6.84. The van der Waals surface area contributed by atoms with Gasteiger partial charge in [0.05, 0.1) is 10.2 Å². The van der Waals surface area contributed by atoms with Crippen molar-refractivity contribution >= 4 is 38.8 Å². The molecule has 0 amide bonds. The van der Waals surface area contributed by atoms with Gasteiger partial charge in [0.15, 0.2) is 5.82 Å². The van der Waals surface area contributed by atoms with Gasteiger partial charge in [0.2, 0.25) is 0 Å². The van der Waals surface area contributed by atoms with E-state index in [0.29, 0.717) is 27.2 Å². The maximum absolute atomic E-state index is 14.3. The van der Waals surface area contributed by atoms with Crippen LogP contribution < -0.4 is 11.1 Å². The number of halogens is 2. The molecule has 0 aromatic heterocycles. The van der Waals surface area contributed by atoms with Gasteiger partial charge in [-0.05, 0) is 59.2 Å². The number of hydrogen-bond donors (Lipinski definition) is 2. The third-order valence-electron chi connectivity index (χ3n) is 4.05. The summed E-state index contributed by atoms with van der Waals surface area (Å²) in [6.45, 7) is 4.58. The fourth-order valence-electron chi connectivity index (χ4n) is 2.61. The van der Waals surface area contributed by atoms with E-state index < -0.39 is 0 Å². The van der Waals surface area contributed by atoms with Crippen molar-refractivity contribution in [3.8, 4) is 0 Å². The summed E-state index contributed by atoms with van der Waals surface area (Å²) in [5.41, 5.74) is 7.02. The van der Waals surface area contributed by atoms with Crippen LogP contribution >= 0.6 is 28.1 Å². The fourth-order valence-corrected chi connectivity index (χ4v) is 3.48. The number of nitrogens with two attached hydrogens (primary N) is 1. The Balaban J connectivity index is 2.11. The average Bonchev–Trinajstić information content (AvgIpc) is 2.37. The molecule has 0 heterocycles. The molecule has 0 radical (unpaired) electrons. The van der Waals surface area contributed by atoms with Crippen LogP contribution in [0.25, 0.3) is 0 Å². The first-order chi connectivity index (χ1) is 9.30. The molecule has 1 aliphatic rings. The zero-order valence-corrected chi connectivity index (χ0v) is 14.2. The number of nitrogens with one attached hydrogen (secondary N) is 1. The highest BCUT2D eigenvalue weighted by molar-refractivity contribution is 9.10. The van der Waals surface area contributed by atoms with Crippen LogP contribution in [-0.4, -0.2) is 11.0 Å². The Hall–Kier alpha value is -0.680. The summed E-state index contributed by atoms with van der Waals surface area (Å²) < 4.78 is 14.6. The summed E-state index contributed by atoms with van der Waals surface area (Å²) in [4.78, 5) is 0.196. The lowest BCUT2D eigenvalue weighted by Gasteiger charge is -2.35. The normalized spacial score (nSPS) is 18.8. The van der Waals surface area contributed by atoms with Gasteiger partial charge < -0.3 is 11.1 Å². The molecule has 1 fully saturated rings. The van der Waals surface area contributed by atoms with Crippen molar-refractivity contribution in [3.05, 3.63) is 28.0 Å². The molecule has 110 valence electrons. The second-order valence-electron chi connectivity index (χ2n) is 6.24. The second-order valence-corrected chi connectivity index (χ2v) is 7.47. The van der Waals surface area contributed by atoms with Gasteiger partial charge in [0, 0.05) is 11.6 Å². The van der Waals surface area contributed by atoms with E-state index in [-0.39, 0.29) is 10.8 Å². The second kappa shape index (κ2) is 5.98. The van der Waals surface area contributed by atoms with Gasteiger partial charge in [0.25, 0.3) is 0 Å². The van der Waals surface area contributed by atoms with E-state index in [9.17, 15) is 4.39 Å². The van der Waals surface area contributed by atoms with E-state index in [1.165, 1.54) is 12.8 Å². The molecule has 0 unspecified atom stereocenters. The molecule has 2 nitrogen and oxygen atoms in total. The predicted molar refractivity (Wildman–Crippen MR) is 89.6 cm³/mol. The van der Waals surface area contributed by atoms with Gasteiger partial charge in [-0.2, -0.15) is 0 Å². The molecule has 1 aromatic rings. The minimum atomic E-state index is -0.319. The maximum atomic E-state index is 14.3. The zero-order valence-electron chi connectivity index (χ0n) is 11.8. The lowest BCUT2D eigenvalue weighted by molar-refractivity contribution is 0.232. The van der Waals surface area contributed by atoms with Crippen LogP contribution in [0.5, 0.6) is 0 Å². The van der Waals surface area contributed by atoms with Crippen molar-refractivity contribution in [2.24, 2.45) is 11.1 Å². The van der Waals surface area contributed by atoms with Crippen molar-refractivity contribution in [1.82, 2.24) is 0 Å². The minimum absolute atomic E-state index is 0.196. The van der Waals surface area contributed by atoms with Crippen molar-refractivity contribution in [1.29, 1.82) is 0 Å². The quantitative estimate of drug-likeness (QED) is 0.775. The first kappa shape index (κ1) is 15.7. The van der Waals surface area contributed by atoms with Gasteiger partial charge in [-0.25, -0.2) is 4.39 Å². The van der Waals surface area contributed by atoms with Crippen molar-refractivity contribution in [2.75, 3.05) is 5.32 Å².